The topological polar surface area (TPSA) is 101 Å². The third-order valence-corrected chi connectivity index (χ3v) is 1.41. The van der Waals surface area contributed by atoms with Gasteiger partial charge in [-0.25, -0.2) is 4.79 Å². The molecule has 0 amide bonds. The molecule has 15 heavy (non-hydrogen) atoms. The third-order valence-electron chi connectivity index (χ3n) is 1.41. The highest BCUT2D eigenvalue weighted by molar-refractivity contribution is 5.84. The van der Waals surface area contributed by atoms with Gasteiger partial charge in [0.15, 0.2) is 0 Å². The van der Waals surface area contributed by atoms with Crippen LogP contribution in [0.15, 0.2) is 12.2 Å². The van der Waals surface area contributed by atoms with Gasteiger partial charge in [-0.1, -0.05) is 20.4 Å². The first kappa shape index (κ1) is 16.1. The van der Waals surface area contributed by atoms with Crippen molar-refractivity contribution in [1.82, 2.24) is 0 Å². The van der Waals surface area contributed by atoms with Gasteiger partial charge in [0.1, 0.15) is 6.04 Å². The lowest BCUT2D eigenvalue weighted by atomic mass is 10.1. The Labute approximate surface area is 89.6 Å². The summed E-state index contributed by atoms with van der Waals surface area (Å²) in [6.07, 6.45) is 0.551. The van der Waals surface area contributed by atoms with Gasteiger partial charge in [-0.2, -0.15) is 0 Å². The van der Waals surface area contributed by atoms with Gasteiger partial charge in [0.05, 0.1) is 0 Å². The minimum Gasteiger partial charge on any atom is -0.480 e. The Balaban J connectivity index is 0. The number of hydrogen-bond acceptors (Lipinski definition) is 3. The van der Waals surface area contributed by atoms with Gasteiger partial charge in [-0.3, -0.25) is 4.79 Å². The molecule has 0 bridgehead atoms. The molecular weight excluding hydrogens is 198 g/mol. The molecule has 0 heterocycles. The molecule has 0 radical (unpaired) electrons. The molecule has 0 saturated carbocycles. The molecule has 5 nitrogen and oxygen atoms in total. The molecule has 0 fully saturated rings. The number of carboxylic acids is 2. The zero-order chi connectivity index (χ0) is 12.6. The lowest BCUT2D eigenvalue weighted by Gasteiger charge is -2.07. The van der Waals surface area contributed by atoms with Gasteiger partial charge in [0, 0.05) is 5.57 Å². The van der Waals surface area contributed by atoms with Crippen molar-refractivity contribution in [2.75, 3.05) is 0 Å². The monoisotopic (exact) mass is 217 g/mol. The first-order valence-electron chi connectivity index (χ1n) is 4.55. The average molecular weight is 217 g/mol. The largest absolute Gasteiger partial charge is 0.480 e. The Kier molecular flexibility index (Phi) is 8.57. The standard InChI is InChI=1S/C6H13NO2.C4H6O2/c1-4(2)3-5(7)6(8)9;1-3(2)4(5)6/h4-5H,3,7H2,1-2H3,(H,8,9);1H2,2H3,(H,5,6). The molecule has 0 saturated heterocycles. The lowest BCUT2D eigenvalue weighted by molar-refractivity contribution is -0.139. The fourth-order valence-corrected chi connectivity index (χ4v) is 0.609. The van der Waals surface area contributed by atoms with Gasteiger partial charge in [0.2, 0.25) is 0 Å². The highest BCUT2D eigenvalue weighted by Crippen LogP contribution is 2.01. The fourth-order valence-electron chi connectivity index (χ4n) is 0.609. The van der Waals surface area contributed by atoms with Crippen molar-refractivity contribution in [3.05, 3.63) is 12.2 Å². The van der Waals surface area contributed by atoms with E-state index in [9.17, 15) is 9.59 Å². The maximum Gasteiger partial charge on any atom is 0.330 e. The molecule has 5 heteroatoms. The number of aliphatic carboxylic acids is 2. The van der Waals surface area contributed by atoms with Crippen LogP contribution in [0.2, 0.25) is 0 Å². The predicted molar refractivity (Wildman–Crippen MR) is 57.5 cm³/mol. The molecule has 88 valence electrons. The van der Waals surface area contributed by atoms with Crippen LogP contribution >= 0.6 is 0 Å². The van der Waals surface area contributed by atoms with E-state index in [1.165, 1.54) is 6.92 Å². The van der Waals surface area contributed by atoms with Crippen molar-refractivity contribution < 1.29 is 19.8 Å². The average Bonchev–Trinajstić information content (AvgIpc) is 2.03. The van der Waals surface area contributed by atoms with E-state index < -0.39 is 18.0 Å². The summed E-state index contributed by atoms with van der Waals surface area (Å²) in [4.78, 5) is 19.7. The third kappa shape index (κ3) is 12.6. The van der Waals surface area contributed by atoms with E-state index in [0.717, 1.165) is 0 Å². The first-order chi connectivity index (χ1) is 6.68. The minimum absolute atomic E-state index is 0.176. The van der Waals surface area contributed by atoms with E-state index in [2.05, 4.69) is 6.58 Å². The van der Waals surface area contributed by atoms with Gasteiger partial charge in [0.25, 0.3) is 0 Å². The van der Waals surface area contributed by atoms with E-state index in [-0.39, 0.29) is 5.57 Å². The zero-order valence-corrected chi connectivity index (χ0v) is 9.36. The van der Waals surface area contributed by atoms with Crippen LogP contribution in [0, 0.1) is 5.92 Å². The Hall–Kier alpha value is -1.36. The van der Waals surface area contributed by atoms with E-state index >= 15 is 0 Å². The molecule has 0 rings (SSSR count). The zero-order valence-electron chi connectivity index (χ0n) is 9.36. The molecule has 0 aromatic carbocycles. The smallest absolute Gasteiger partial charge is 0.330 e. The second kappa shape index (κ2) is 7.99. The molecule has 0 aliphatic rings. The Morgan fingerprint density at radius 1 is 1.33 bits per heavy atom. The van der Waals surface area contributed by atoms with Crippen molar-refractivity contribution >= 4 is 11.9 Å². The summed E-state index contributed by atoms with van der Waals surface area (Å²) in [6, 6.07) is -0.690. The predicted octanol–water partition coefficient (Wildman–Crippen LogP) is 1.09. The van der Waals surface area contributed by atoms with E-state index in [4.69, 9.17) is 15.9 Å². The second-order valence-electron chi connectivity index (χ2n) is 3.66. The van der Waals surface area contributed by atoms with Crippen molar-refractivity contribution in [2.24, 2.45) is 11.7 Å². The van der Waals surface area contributed by atoms with Crippen LogP contribution in [0.25, 0.3) is 0 Å². The van der Waals surface area contributed by atoms with Gasteiger partial charge >= 0.3 is 11.9 Å². The molecule has 0 aromatic heterocycles. The first-order valence-corrected chi connectivity index (χ1v) is 4.55. The highest BCUT2D eigenvalue weighted by atomic mass is 16.4. The molecular formula is C10H19NO4. The fraction of sp³-hybridized carbons (Fsp3) is 0.600. The van der Waals surface area contributed by atoms with E-state index in [0.29, 0.717) is 12.3 Å². The maximum absolute atomic E-state index is 10.1. The summed E-state index contributed by atoms with van der Waals surface area (Å²) < 4.78 is 0. The van der Waals surface area contributed by atoms with Crippen molar-refractivity contribution in [3.63, 3.8) is 0 Å². The van der Waals surface area contributed by atoms with Crippen molar-refractivity contribution in [2.45, 2.75) is 33.2 Å². The summed E-state index contributed by atoms with van der Waals surface area (Å²) >= 11 is 0. The highest BCUT2D eigenvalue weighted by Gasteiger charge is 2.11. The molecule has 0 aliphatic carbocycles. The minimum atomic E-state index is -0.935. The summed E-state index contributed by atoms with van der Waals surface area (Å²) in [5.41, 5.74) is 5.39. The van der Waals surface area contributed by atoms with Crippen LogP contribution in [-0.2, 0) is 9.59 Å². The number of carboxylic acid groups (broad SMARTS) is 2. The van der Waals surface area contributed by atoms with Crippen LogP contribution in [0.1, 0.15) is 27.2 Å². The molecule has 1 unspecified atom stereocenters. The quantitative estimate of drug-likeness (QED) is 0.612. The van der Waals surface area contributed by atoms with Crippen LogP contribution in [0.3, 0.4) is 0 Å². The number of carbonyl (C=O) groups is 2. The molecule has 0 spiro atoms. The number of nitrogens with two attached hydrogens (primary N) is 1. The Morgan fingerprint density at radius 2 is 1.67 bits per heavy atom. The molecule has 0 aromatic rings. The SMILES string of the molecule is C=C(C)C(=O)O.CC(C)CC(N)C(=O)O. The lowest BCUT2D eigenvalue weighted by Crippen LogP contribution is -2.31. The van der Waals surface area contributed by atoms with Crippen LogP contribution in [-0.4, -0.2) is 28.2 Å². The van der Waals surface area contributed by atoms with E-state index in [1.54, 1.807) is 0 Å². The second-order valence-corrected chi connectivity index (χ2v) is 3.66. The Morgan fingerprint density at radius 3 is 1.73 bits per heavy atom. The number of rotatable bonds is 4. The molecule has 0 aliphatic heterocycles. The summed E-state index contributed by atoms with van der Waals surface area (Å²) in [7, 11) is 0. The maximum atomic E-state index is 10.1. The van der Waals surface area contributed by atoms with Gasteiger partial charge < -0.3 is 15.9 Å². The Bertz CT molecular complexity index is 224. The van der Waals surface area contributed by atoms with Crippen LogP contribution in [0.5, 0.6) is 0 Å². The normalized spacial score (nSPS) is 11.3. The van der Waals surface area contributed by atoms with Gasteiger partial charge in [-0.05, 0) is 19.3 Å². The van der Waals surface area contributed by atoms with E-state index in [1.807, 2.05) is 13.8 Å². The van der Waals surface area contributed by atoms with Crippen molar-refractivity contribution in [1.29, 1.82) is 0 Å². The van der Waals surface area contributed by atoms with Gasteiger partial charge in [-0.15, -0.1) is 0 Å². The summed E-state index contributed by atoms with van der Waals surface area (Å²) in [5.74, 6) is -1.49. The summed E-state index contributed by atoms with van der Waals surface area (Å²) in [5, 5.41) is 16.2. The van der Waals surface area contributed by atoms with Crippen molar-refractivity contribution in [3.8, 4) is 0 Å². The number of hydrogen-bond donors (Lipinski definition) is 3. The van der Waals surface area contributed by atoms with Crippen LogP contribution < -0.4 is 5.73 Å². The summed E-state index contributed by atoms with van der Waals surface area (Å²) in [6.45, 7) is 8.50. The molecule has 1 atom stereocenters. The molecule has 4 N–H and O–H groups in total. The van der Waals surface area contributed by atoms with Crippen LogP contribution in [0.4, 0.5) is 0 Å².